The van der Waals surface area contributed by atoms with Gasteiger partial charge >= 0.3 is 0 Å². The van der Waals surface area contributed by atoms with Crippen molar-refractivity contribution in [3.8, 4) is 0 Å². The maximum atomic E-state index is 13.4. The molecular weight excluding hydrogens is 308 g/mol. The summed E-state index contributed by atoms with van der Waals surface area (Å²) in [5.74, 6) is 0.823. The fourth-order valence-corrected chi connectivity index (χ4v) is 4.56. The van der Waals surface area contributed by atoms with Crippen molar-refractivity contribution < 1.29 is 4.79 Å². The number of fused-ring (bicyclic) bond motifs is 3. The van der Waals surface area contributed by atoms with Crippen LogP contribution in [-0.2, 0) is 16.6 Å². The Hall–Kier alpha value is -2.29. The Labute approximate surface area is 150 Å². The minimum Gasteiger partial charge on any atom is -0.361 e. The van der Waals surface area contributed by atoms with Gasteiger partial charge in [-0.05, 0) is 49.4 Å². The molecule has 2 aromatic rings. The van der Waals surface area contributed by atoms with E-state index in [1.807, 2.05) is 29.2 Å². The average Bonchev–Trinajstić information content (AvgIpc) is 2.95. The number of hydrogen-bond acceptors (Lipinski definition) is 2. The molecule has 0 aromatic heterocycles. The molecule has 3 heteroatoms. The molecule has 2 heterocycles. The van der Waals surface area contributed by atoms with Crippen LogP contribution in [0.1, 0.15) is 45.2 Å². The monoisotopic (exact) mass is 334 g/mol. The molecule has 1 saturated heterocycles. The van der Waals surface area contributed by atoms with E-state index in [0.717, 1.165) is 29.8 Å². The predicted molar refractivity (Wildman–Crippen MR) is 103 cm³/mol. The lowest BCUT2D eigenvalue weighted by Gasteiger charge is -2.27. The van der Waals surface area contributed by atoms with Crippen LogP contribution in [0.3, 0.4) is 0 Å². The van der Waals surface area contributed by atoms with E-state index in [4.69, 9.17) is 0 Å². The van der Waals surface area contributed by atoms with Gasteiger partial charge in [-0.2, -0.15) is 0 Å². The molecule has 0 radical (unpaired) electrons. The zero-order chi connectivity index (χ0) is 17.8. The Balaban J connectivity index is 1.69. The zero-order valence-corrected chi connectivity index (χ0v) is 15.5. The van der Waals surface area contributed by atoms with E-state index in [2.05, 4.69) is 57.3 Å². The van der Waals surface area contributed by atoms with Crippen molar-refractivity contribution in [3.05, 3.63) is 59.7 Å². The number of amides is 1. The number of carbonyl (C=O) groups excluding carboxylic acids is 1. The normalized spacial score (nSPS) is 27.4. The van der Waals surface area contributed by atoms with Gasteiger partial charge in [0.1, 0.15) is 5.66 Å². The molecule has 0 bridgehead atoms. The minimum atomic E-state index is -0.494. The van der Waals surface area contributed by atoms with Crippen LogP contribution < -0.4 is 10.2 Å². The first kappa shape index (κ1) is 16.2. The molecule has 0 unspecified atom stereocenters. The molecule has 25 heavy (non-hydrogen) atoms. The van der Waals surface area contributed by atoms with E-state index in [-0.39, 0.29) is 11.6 Å². The van der Waals surface area contributed by atoms with Gasteiger partial charge in [-0.1, -0.05) is 50.2 Å². The van der Waals surface area contributed by atoms with Gasteiger partial charge in [0.15, 0.2) is 0 Å². The van der Waals surface area contributed by atoms with Gasteiger partial charge in [0.05, 0.1) is 16.8 Å². The maximum Gasteiger partial charge on any atom is 0.239 e. The molecule has 2 atom stereocenters. The van der Waals surface area contributed by atoms with Crippen molar-refractivity contribution >= 4 is 17.3 Å². The molecule has 0 spiro atoms. The maximum absolute atomic E-state index is 13.4. The van der Waals surface area contributed by atoms with Gasteiger partial charge in [-0.3, -0.25) is 9.69 Å². The second kappa shape index (κ2) is 5.35. The summed E-state index contributed by atoms with van der Waals surface area (Å²) in [5.41, 5.74) is 3.64. The fourth-order valence-electron chi connectivity index (χ4n) is 4.56. The number of benzene rings is 2. The molecule has 0 saturated carbocycles. The van der Waals surface area contributed by atoms with Crippen LogP contribution in [0.15, 0.2) is 48.5 Å². The van der Waals surface area contributed by atoms with Gasteiger partial charge in [-0.15, -0.1) is 0 Å². The third-order valence-corrected chi connectivity index (χ3v) is 5.65. The number of carbonyl (C=O) groups is 1. The average molecular weight is 334 g/mol. The number of anilines is 2. The Bertz CT molecular complexity index is 826. The van der Waals surface area contributed by atoms with Crippen LogP contribution in [0.25, 0.3) is 0 Å². The summed E-state index contributed by atoms with van der Waals surface area (Å²) >= 11 is 0. The van der Waals surface area contributed by atoms with Crippen LogP contribution in [0.4, 0.5) is 11.4 Å². The number of hydrogen-bond donors (Lipinski definition) is 1. The van der Waals surface area contributed by atoms with E-state index in [9.17, 15) is 4.79 Å². The van der Waals surface area contributed by atoms with Gasteiger partial charge in [0.25, 0.3) is 0 Å². The highest BCUT2D eigenvalue weighted by Gasteiger charge is 2.59. The zero-order valence-electron chi connectivity index (χ0n) is 15.5. The molecule has 3 nitrogen and oxygen atoms in total. The van der Waals surface area contributed by atoms with Crippen molar-refractivity contribution in [2.24, 2.45) is 5.92 Å². The first-order valence-electron chi connectivity index (χ1n) is 9.15. The summed E-state index contributed by atoms with van der Waals surface area (Å²) in [5, 5.41) is 3.57. The van der Waals surface area contributed by atoms with Crippen molar-refractivity contribution in [1.82, 2.24) is 0 Å². The summed E-state index contributed by atoms with van der Waals surface area (Å²) in [7, 11) is 0. The Morgan fingerprint density at radius 3 is 2.44 bits per heavy atom. The molecule has 2 aliphatic rings. The summed E-state index contributed by atoms with van der Waals surface area (Å²) < 4.78 is 0. The summed E-state index contributed by atoms with van der Waals surface area (Å²) in [6.07, 6.45) is 1.83. The van der Waals surface area contributed by atoms with Gasteiger partial charge in [-0.25, -0.2) is 0 Å². The van der Waals surface area contributed by atoms with Crippen molar-refractivity contribution in [2.75, 3.05) is 10.2 Å². The molecule has 130 valence electrons. The number of rotatable bonds is 3. The molecule has 1 N–H and O–H groups in total. The molecule has 2 aliphatic heterocycles. The summed E-state index contributed by atoms with van der Waals surface area (Å²) in [4.78, 5) is 15.4. The highest BCUT2D eigenvalue weighted by molar-refractivity contribution is 6.09. The lowest BCUT2D eigenvalue weighted by molar-refractivity contribution is -0.121. The Morgan fingerprint density at radius 2 is 1.76 bits per heavy atom. The summed E-state index contributed by atoms with van der Waals surface area (Å²) in [6, 6.07) is 16.7. The number of para-hydroxylation sites is 2. The Kier molecular flexibility index (Phi) is 3.47. The Morgan fingerprint density at radius 1 is 1.08 bits per heavy atom. The highest BCUT2D eigenvalue weighted by Crippen LogP contribution is 2.52. The topological polar surface area (TPSA) is 32.3 Å². The van der Waals surface area contributed by atoms with E-state index in [1.165, 1.54) is 5.56 Å². The summed E-state index contributed by atoms with van der Waals surface area (Å²) in [6.45, 7) is 8.67. The highest BCUT2D eigenvalue weighted by atomic mass is 16.2. The molecule has 2 aromatic carbocycles. The van der Waals surface area contributed by atoms with Crippen LogP contribution in [0, 0.1) is 5.92 Å². The van der Waals surface area contributed by atoms with Crippen molar-refractivity contribution in [1.29, 1.82) is 0 Å². The van der Waals surface area contributed by atoms with Crippen molar-refractivity contribution in [2.45, 2.75) is 51.6 Å². The first-order valence-corrected chi connectivity index (χ1v) is 9.15. The first-order chi connectivity index (χ1) is 11.8. The molecule has 4 rings (SSSR count). The van der Waals surface area contributed by atoms with Gasteiger partial charge in [0.2, 0.25) is 5.91 Å². The second-order valence-corrected chi connectivity index (χ2v) is 8.36. The third-order valence-electron chi connectivity index (χ3n) is 5.65. The van der Waals surface area contributed by atoms with E-state index in [1.54, 1.807) is 0 Å². The molecule has 0 aliphatic carbocycles. The van der Waals surface area contributed by atoms with Gasteiger partial charge in [0, 0.05) is 6.42 Å². The second-order valence-electron chi connectivity index (χ2n) is 8.36. The standard InChI is InChI=1S/C22H26N2O/c1-15(2)13-16-9-11-17(12-10-16)21(3)14-22(4)23-18-7-5-6-8-19(18)24(22)20(21)25/h5-12,15,23H,13-14H2,1-4H3/t21-,22-/m1/s1. The molecule has 1 amide bonds. The van der Waals surface area contributed by atoms with Crippen LogP contribution in [0.2, 0.25) is 0 Å². The van der Waals surface area contributed by atoms with E-state index in [0.29, 0.717) is 5.92 Å². The fraction of sp³-hybridized carbons (Fsp3) is 0.409. The van der Waals surface area contributed by atoms with Crippen LogP contribution >= 0.6 is 0 Å². The lowest BCUT2D eigenvalue weighted by Crippen LogP contribution is -2.44. The van der Waals surface area contributed by atoms with E-state index < -0.39 is 5.41 Å². The lowest BCUT2D eigenvalue weighted by atomic mass is 9.78. The predicted octanol–water partition coefficient (Wildman–Crippen LogP) is 4.72. The smallest absolute Gasteiger partial charge is 0.239 e. The SMILES string of the molecule is CC(C)Cc1ccc([C@@]2(C)C[C@]3(C)Nc4ccccc4N3C2=O)cc1. The van der Waals surface area contributed by atoms with Crippen LogP contribution in [0.5, 0.6) is 0 Å². The number of nitrogens with zero attached hydrogens (tertiary/aromatic N) is 1. The van der Waals surface area contributed by atoms with E-state index >= 15 is 0 Å². The third kappa shape index (κ3) is 2.37. The quantitative estimate of drug-likeness (QED) is 0.881. The molecular formula is C22H26N2O. The van der Waals surface area contributed by atoms with Crippen molar-refractivity contribution in [3.63, 3.8) is 0 Å². The number of nitrogens with one attached hydrogen (secondary N) is 1. The minimum absolute atomic E-state index is 0.184. The molecule has 1 fully saturated rings. The van der Waals surface area contributed by atoms with Gasteiger partial charge < -0.3 is 5.32 Å². The van der Waals surface area contributed by atoms with Crippen LogP contribution in [-0.4, -0.2) is 11.6 Å². The largest absolute Gasteiger partial charge is 0.361 e.